The number of pyridine rings is 1. The van der Waals surface area contributed by atoms with Gasteiger partial charge in [-0.15, -0.1) is 0 Å². The summed E-state index contributed by atoms with van der Waals surface area (Å²) in [6.45, 7) is 6.46. The van der Waals surface area contributed by atoms with Crippen molar-refractivity contribution in [3.05, 3.63) is 42.2 Å². The first kappa shape index (κ1) is 24.6. The van der Waals surface area contributed by atoms with Gasteiger partial charge in [0.1, 0.15) is 11.3 Å². The van der Waals surface area contributed by atoms with Crippen LogP contribution in [0.25, 0.3) is 10.3 Å². The van der Waals surface area contributed by atoms with Crippen LogP contribution in [0.5, 0.6) is 16.8 Å². The van der Waals surface area contributed by atoms with E-state index in [2.05, 4.69) is 38.9 Å². The first-order valence-corrected chi connectivity index (χ1v) is 15.5. The van der Waals surface area contributed by atoms with Gasteiger partial charge in [-0.25, -0.2) is 9.97 Å². The van der Waals surface area contributed by atoms with Gasteiger partial charge in [-0.2, -0.15) is 4.98 Å². The minimum absolute atomic E-state index is 0.254. The highest BCUT2D eigenvalue weighted by Crippen LogP contribution is 2.31. The fraction of sp³-hybridized carbons (Fsp3) is 0.440. The second kappa shape index (κ2) is 10.1. The monoisotopic (exact) mass is 529 g/mol. The van der Waals surface area contributed by atoms with Crippen molar-refractivity contribution in [3.63, 3.8) is 0 Å². The van der Waals surface area contributed by atoms with E-state index < -0.39 is 9.93 Å². The Balaban J connectivity index is 1.15. The summed E-state index contributed by atoms with van der Waals surface area (Å²) in [6.07, 6.45) is 5.49. The maximum atomic E-state index is 12.2. The van der Waals surface area contributed by atoms with Crippen LogP contribution in [0.4, 0.5) is 6.01 Å². The molecule has 1 aromatic carbocycles. The molecule has 1 fully saturated rings. The maximum Gasteiger partial charge on any atom is 0.324 e. The summed E-state index contributed by atoms with van der Waals surface area (Å²) in [7, 11) is -2.29. The van der Waals surface area contributed by atoms with Crippen molar-refractivity contribution >= 4 is 37.6 Å². The Labute approximate surface area is 215 Å². The molecule has 0 N–H and O–H groups in total. The molecule has 0 spiro atoms. The number of fused-ring (bicyclic) bond motifs is 1. The summed E-state index contributed by atoms with van der Waals surface area (Å²) in [5.74, 6) is 2.57. The second-order valence-corrected chi connectivity index (χ2v) is 13.9. The van der Waals surface area contributed by atoms with E-state index in [4.69, 9.17) is 14.0 Å². The highest BCUT2D eigenvalue weighted by atomic mass is 32.2. The summed E-state index contributed by atoms with van der Waals surface area (Å²) in [5.41, 5.74) is 0.780. The van der Waals surface area contributed by atoms with Gasteiger partial charge in [0, 0.05) is 30.0 Å². The molecular formula is C25H31N5O4S2. The molecule has 1 aliphatic rings. The lowest BCUT2D eigenvalue weighted by atomic mass is 9.98. The zero-order chi connectivity index (χ0) is 25.3. The number of ether oxygens (including phenoxy) is 2. The van der Waals surface area contributed by atoms with Crippen LogP contribution in [-0.4, -0.2) is 56.5 Å². The van der Waals surface area contributed by atoms with Gasteiger partial charge in [0.15, 0.2) is 10.7 Å². The fourth-order valence-electron chi connectivity index (χ4n) is 3.96. The largest absolute Gasteiger partial charge is 0.470 e. The standard InChI is InChI=1S/C25H31N5O4S2/c1-16(2)22-28-24(34-29-22)30-13-11-17(12-14-30)15-32-25-26-20-9-10-21(27-23(20)35-25)33-18-5-7-19(8-6-18)36(3,4)31/h5-10,16-17,36H,11-15H2,1-4H3. The van der Waals surface area contributed by atoms with Crippen LogP contribution < -0.4 is 14.4 Å². The zero-order valence-corrected chi connectivity index (χ0v) is 22.6. The third kappa shape index (κ3) is 5.67. The Morgan fingerprint density at radius 3 is 2.50 bits per heavy atom. The lowest BCUT2D eigenvalue weighted by molar-refractivity contribution is 0.219. The first-order valence-electron chi connectivity index (χ1n) is 12.1. The smallest absolute Gasteiger partial charge is 0.324 e. The highest BCUT2D eigenvalue weighted by Gasteiger charge is 2.24. The molecule has 36 heavy (non-hydrogen) atoms. The van der Waals surface area contributed by atoms with Crippen LogP contribution in [-0.2, 0) is 9.93 Å². The van der Waals surface area contributed by atoms with Crippen molar-refractivity contribution in [1.29, 1.82) is 0 Å². The lowest BCUT2D eigenvalue weighted by Gasteiger charge is -2.30. The normalized spacial score (nSPS) is 15.5. The molecule has 4 heterocycles. The molecule has 4 aromatic rings. The van der Waals surface area contributed by atoms with Gasteiger partial charge in [0.2, 0.25) is 5.88 Å². The van der Waals surface area contributed by atoms with E-state index in [1.807, 2.05) is 30.3 Å². The van der Waals surface area contributed by atoms with Crippen LogP contribution in [0.2, 0.25) is 0 Å². The Bertz CT molecular complexity index is 1370. The van der Waals surface area contributed by atoms with E-state index in [1.54, 1.807) is 18.6 Å². The predicted octanol–water partition coefficient (Wildman–Crippen LogP) is 4.92. The van der Waals surface area contributed by atoms with Gasteiger partial charge in [-0.3, -0.25) is 4.21 Å². The third-order valence-electron chi connectivity index (χ3n) is 6.17. The van der Waals surface area contributed by atoms with Gasteiger partial charge in [0.05, 0.1) is 6.61 Å². The molecule has 0 radical (unpaired) electrons. The number of rotatable bonds is 8. The Morgan fingerprint density at radius 1 is 1.08 bits per heavy atom. The summed E-state index contributed by atoms with van der Waals surface area (Å²) in [5, 5.41) is 4.68. The van der Waals surface area contributed by atoms with Crippen LogP contribution in [0.3, 0.4) is 0 Å². The average molecular weight is 530 g/mol. The molecule has 192 valence electrons. The van der Waals surface area contributed by atoms with Crippen LogP contribution >= 0.6 is 11.3 Å². The number of nitrogens with zero attached hydrogens (tertiary/aromatic N) is 5. The van der Waals surface area contributed by atoms with Crippen molar-refractivity contribution in [1.82, 2.24) is 20.1 Å². The van der Waals surface area contributed by atoms with Crippen molar-refractivity contribution < 1.29 is 18.2 Å². The van der Waals surface area contributed by atoms with Crippen molar-refractivity contribution in [2.45, 2.75) is 37.5 Å². The maximum absolute atomic E-state index is 12.2. The van der Waals surface area contributed by atoms with Crippen LogP contribution in [0.1, 0.15) is 38.4 Å². The molecule has 0 unspecified atom stereocenters. The topological polar surface area (TPSA) is 103 Å². The second-order valence-electron chi connectivity index (χ2n) is 9.73. The summed E-state index contributed by atoms with van der Waals surface area (Å²) in [6, 6.07) is 11.6. The number of piperidine rings is 1. The SMILES string of the molecule is CC(C)c1noc(N2CCC(COc3nc4ccc(Oc5ccc([SH](C)(C)=O)cc5)nc4s3)CC2)n1. The molecule has 3 aromatic heterocycles. The van der Waals surface area contributed by atoms with E-state index in [-0.39, 0.29) is 5.92 Å². The van der Waals surface area contributed by atoms with E-state index in [1.165, 1.54) is 11.3 Å². The van der Waals surface area contributed by atoms with Gasteiger partial charge in [0.25, 0.3) is 5.19 Å². The van der Waals surface area contributed by atoms with Crippen molar-refractivity contribution in [2.75, 3.05) is 37.1 Å². The van der Waals surface area contributed by atoms with Gasteiger partial charge < -0.3 is 18.9 Å². The molecule has 0 aliphatic carbocycles. The highest BCUT2D eigenvalue weighted by molar-refractivity contribution is 8.01. The molecule has 5 rings (SSSR count). The lowest BCUT2D eigenvalue weighted by Crippen LogP contribution is -2.35. The number of anilines is 1. The number of thiazole rings is 1. The minimum Gasteiger partial charge on any atom is -0.470 e. The predicted molar refractivity (Wildman–Crippen MR) is 142 cm³/mol. The molecule has 1 saturated heterocycles. The fourth-order valence-corrected chi connectivity index (χ4v) is 5.62. The van der Waals surface area contributed by atoms with Gasteiger partial charge in [-0.05, 0) is 61.6 Å². The molecular weight excluding hydrogens is 498 g/mol. The number of aromatic nitrogens is 4. The van der Waals surface area contributed by atoms with Gasteiger partial charge >= 0.3 is 6.01 Å². The Morgan fingerprint density at radius 2 is 1.83 bits per heavy atom. The Hall–Kier alpha value is -3.05. The molecule has 11 heteroatoms. The zero-order valence-electron chi connectivity index (χ0n) is 20.9. The quantitative estimate of drug-likeness (QED) is 0.319. The van der Waals surface area contributed by atoms with Crippen molar-refractivity contribution in [2.24, 2.45) is 5.92 Å². The molecule has 0 amide bonds. The summed E-state index contributed by atoms with van der Waals surface area (Å²) in [4.78, 5) is 17.4. The molecule has 0 saturated carbocycles. The molecule has 0 bridgehead atoms. The summed E-state index contributed by atoms with van der Waals surface area (Å²) >= 11 is 1.41. The van der Waals surface area contributed by atoms with Crippen LogP contribution in [0, 0.1) is 5.92 Å². The summed E-state index contributed by atoms with van der Waals surface area (Å²) < 4.78 is 29.6. The Kier molecular flexibility index (Phi) is 6.94. The van der Waals surface area contributed by atoms with Crippen molar-refractivity contribution in [3.8, 4) is 16.8 Å². The minimum atomic E-state index is -2.29. The van der Waals surface area contributed by atoms with Crippen LogP contribution in [0.15, 0.2) is 45.8 Å². The van der Waals surface area contributed by atoms with E-state index in [9.17, 15) is 4.21 Å². The molecule has 1 aliphatic heterocycles. The number of hydrogen-bond donors (Lipinski definition) is 1. The first-order chi connectivity index (χ1) is 17.2. The number of benzene rings is 1. The van der Waals surface area contributed by atoms with Gasteiger partial charge in [-0.1, -0.05) is 40.3 Å². The third-order valence-corrected chi connectivity index (χ3v) is 8.59. The van der Waals surface area contributed by atoms with E-state index in [0.29, 0.717) is 35.4 Å². The molecule has 9 nitrogen and oxygen atoms in total. The number of thiol groups is 1. The number of hydrogen-bond acceptors (Lipinski definition) is 10. The molecule has 0 atom stereocenters. The van der Waals surface area contributed by atoms with E-state index >= 15 is 0 Å². The van der Waals surface area contributed by atoms with E-state index in [0.717, 1.165) is 47.0 Å². The average Bonchev–Trinajstić information content (AvgIpc) is 3.50.